The largest absolute Gasteiger partial charge is 0.497 e. The van der Waals surface area contributed by atoms with Crippen LogP contribution in [0.4, 0.5) is 0 Å². The maximum atomic E-state index is 12.8. The predicted octanol–water partition coefficient (Wildman–Crippen LogP) is 2.73. The Morgan fingerprint density at radius 2 is 2.12 bits per heavy atom. The lowest BCUT2D eigenvalue weighted by atomic mass is 10.1. The van der Waals surface area contributed by atoms with Crippen LogP contribution in [0.3, 0.4) is 0 Å². The quantitative estimate of drug-likeness (QED) is 0.462. The number of rotatable bonds is 9. The minimum atomic E-state index is -0.122. The van der Waals surface area contributed by atoms with E-state index < -0.39 is 0 Å². The van der Waals surface area contributed by atoms with Gasteiger partial charge in [-0.05, 0) is 54.4 Å². The Morgan fingerprint density at radius 1 is 1.27 bits per heavy atom. The molecule has 2 aromatic heterocycles. The van der Waals surface area contributed by atoms with E-state index in [-0.39, 0.29) is 5.56 Å². The number of pyridine rings is 1. The zero-order valence-electron chi connectivity index (χ0n) is 18.8. The monoisotopic (exact) mass is 470 g/mol. The van der Waals surface area contributed by atoms with Gasteiger partial charge in [0, 0.05) is 37.8 Å². The van der Waals surface area contributed by atoms with Crippen molar-refractivity contribution < 1.29 is 13.9 Å². The third kappa shape index (κ3) is 6.34. The topological polar surface area (TPSA) is 83.0 Å². The zero-order chi connectivity index (χ0) is 23.0. The van der Waals surface area contributed by atoms with E-state index in [0.29, 0.717) is 29.5 Å². The first-order chi connectivity index (χ1) is 16.1. The molecule has 1 aliphatic heterocycles. The Bertz CT molecular complexity index is 1110. The van der Waals surface area contributed by atoms with Gasteiger partial charge in [-0.3, -0.25) is 9.69 Å². The Labute approximate surface area is 198 Å². The Kier molecular flexibility index (Phi) is 7.98. The summed E-state index contributed by atoms with van der Waals surface area (Å²) in [5.74, 6) is 1.52. The van der Waals surface area contributed by atoms with Gasteiger partial charge >= 0.3 is 0 Å². The van der Waals surface area contributed by atoms with Crippen LogP contribution >= 0.6 is 12.2 Å². The molecule has 0 spiro atoms. The molecule has 0 unspecified atom stereocenters. The summed E-state index contributed by atoms with van der Waals surface area (Å²) in [5, 5.41) is 4.82. The molecule has 3 heterocycles. The predicted molar refractivity (Wildman–Crippen MR) is 132 cm³/mol. The molecule has 1 aliphatic rings. The van der Waals surface area contributed by atoms with Gasteiger partial charge in [0.25, 0.3) is 5.56 Å². The molecule has 9 heteroatoms. The molecule has 3 aromatic rings. The lowest BCUT2D eigenvalue weighted by molar-refractivity contribution is 0.0367. The first-order valence-corrected chi connectivity index (χ1v) is 11.6. The van der Waals surface area contributed by atoms with Crippen molar-refractivity contribution in [3.8, 4) is 5.75 Å². The van der Waals surface area contributed by atoms with Gasteiger partial charge in [0.2, 0.25) is 0 Å². The van der Waals surface area contributed by atoms with Crippen LogP contribution in [-0.2, 0) is 17.8 Å². The van der Waals surface area contributed by atoms with Crippen molar-refractivity contribution in [2.24, 2.45) is 0 Å². The fraction of sp³-hybridized carbons (Fsp3) is 0.417. The molecule has 0 radical (unpaired) electrons. The molecule has 4 rings (SSSR count). The van der Waals surface area contributed by atoms with Gasteiger partial charge in [-0.25, -0.2) is 0 Å². The molecule has 1 fully saturated rings. The molecule has 0 aliphatic carbocycles. The molecule has 0 amide bonds. The summed E-state index contributed by atoms with van der Waals surface area (Å²) in [7, 11) is 1.61. The number of nitrogens with one attached hydrogen (secondary N) is 2. The summed E-state index contributed by atoms with van der Waals surface area (Å²) in [6.07, 6.45) is 2.58. The summed E-state index contributed by atoms with van der Waals surface area (Å²) in [5.41, 5.74) is 1.30. The summed E-state index contributed by atoms with van der Waals surface area (Å²) < 4.78 is 16.1. The van der Waals surface area contributed by atoms with Crippen LogP contribution in [0, 0.1) is 0 Å². The van der Waals surface area contributed by atoms with Gasteiger partial charge in [0.15, 0.2) is 5.11 Å². The number of H-pyrrole nitrogens is 1. The molecule has 1 aromatic carbocycles. The summed E-state index contributed by atoms with van der Waals surface area (Å²) in [6, 6.07) is 11.3. The van der Waals surface area contributed by atoms with E-state index in [1.807, 2.05) is 36.4 Å². The number of benzene rings is 1. The lowest BCUT2D eigenvalue weighted by Gasteiger charge is -2.29. The minimum Gasteiger partial charge on any atom is -0.497 e. The number of morpholine rings is 1. The SMILES string of the molecule is COc1ccc2cc(CN(CCCN3CCOCC3)C(=S)NCc3ccco3)c(=O)[nH]c2c1. The highest BCUT2D eigenvalue weighted by Gasteiger charge is 2.16. The standard InChI is InChI=1S/C24H30N4O4S/c1-30-20-6-5-18-14-19(23(29)26-22(18)15-20)17-28(8-3-7-27-9-12-31-13-10-27)24(33)25-16-21-4-2-11-32-21/h2,4-6,11,14-15H,3,7-10,12-13,16-17H2,1H3,(H,25,33)(H,26,29). The van der Waals surface area contributed by atoms with E-state index in [1.165, 1.54) is 0 Å². The first-order valence-electron chi connectivity index (χ1n) is 11.2. The fourth-order valence-corrected chi connectivity index (χ4v) is 4.15. The van der Waals surface area contributed by atoms with Gasteiger partial charge < -0.3 is 29.1 Å². The number of hydrogen-bond donors (Lipinski definition) is 2. The maximum Gasteiger partial charge on any atom is 0.253 e. The third-order valence-electron chi connectivity index (χ3n) is 5.78. The van der Waals surface area contributed by atoms with E-state index in [1.54, 1.807) is 13.4 Å². The number of ether oxygens (including phenoxy) is 2. The highest BCUT2D eigenvalue weighted by molar-refractivity contribution is 7.80. The number of nitrogens with zero attached hydrogens (tertiary/aromatic N) is 2. The van der Waals surface area contributed by atoms with Crippen molar-refractivity contribution in [2.45, 2.75) is 19.5 Å². The van der Waals surface area contributed by atoms with Crippen molar-refractivity contribution in [3.05, 3.63) is 64.3 Å². The fourth-order valence-electron chi connectivity index (χ4n) is 3.93. The maximum absolute atomic E-state index is 12.8. The van der Waals surface area contributed by atoms with E-state index >= 15 is 0 Å². The molecule has 1 saturated heterocycles. The summed E-state index contributed by atoms with van der Waals surface area (Å²) in [6.45, 7) is 6.10. The normalized spacial score (nSPS) is 14.3. The molecule has 0 atom stereocenters. The number of fused-ring (bicyclic) bond motifs is 1. The van der Waals surface area contributed by atoms with Crippen LogP contribution in [-0.4, -0.2) is 66.4 Å². The van der Waals surface area contributed by atoms with Crippen LogP contribution in [0.15, 0.2) is 51.9 Å². The Hall–Kier alpha value is -2.88. The molecule has 0 bridgehead atoms. The van der Waals surface area contributed by atoms with Crippen molar-refractivity contribution in [1.29, 1.82) is 0 Å². The Morgan fingerprint density at radius 3 is 2.88 bits per heavy atom. The molecule has 2 N–H and O–H groups in total. The molecule has 176 valence electrons. The number of furan rings is 1. The van der Waals surface area contributed by atoms with Crippen LogP contribution in [0.25, 0.3) is 10.9 Å². The number of aromatic nitrogens is 1. The number of aromatic amines is 1. The number of thiocarbonyl (C=S) groups is 1. The van der Waals surface area contributed by atoms with Gasteiger partial charge in [-0.1, -0.05) is 0 Å². The second-order valence-corrected chi connectivity index (χ2v) is 8.43. The van der Waals surface area contributed by atoms with E-state index in [4.69, 9.17) is 26.1 Å². The third-order valence-corrected chi connectivity index (χ3v) is 6.18. The average Bonchev–Trinajstić information content (AvgIpc) is 3.36. The molecule has 8 nitrogen and oxygen atoms in total. The van der Waals surface area contributed by atoms with Gasteiger partial charge in [-0.15, -0.1) is 0 Å². The second-order valence-electron chi connectivity index (χ2n) is 8.04. The van der Waals surface area contributed by atoms with Crippen LogP contribution in [0.5, 0.6) is 5.75 Å². The van der Waals surface area contributed by atoms with Crippen LogP contribution in [0.2, 0.25) is 0 Å². The smallest absolute Gasteiger partial charge is 0.253 e. The molecule has 33 heavy (non-hydrogen) atoms. The number of methoxy groups -OCH3 is 1. The highest BCUT2D eigenvalue weighted by Crippen LogP contribution is 2.19. The van der Waals surface area contributed by atoms with Crippen molar-refractivity contribution in [2.75, 3.05) is 46.5 Å². The van der Waals surface area contributed by atoms with Crippen molar-refractivity contribution in [3.63, 3.8) is 0 Å². The summed E-state index contributed by atoms with van der Waals surface area (Å²) in [4.78, 5) is 20.3. The average molecular weight is 471 g/mol. The highest BCUT2D eigenvalue weighted by atomic mass is 32.1. The lowest BCUT2D eigenvalue weighted by Crippen LogP contribution is -2.42. The van der Waals surface area contributed by atoms with Crippen LogP contribution in [0.1, 0.15) is 17.7 Å². The van der Waals surface area contributed by atoms with Crippen LogP contribution < -0.4 is 15.6 Å². The number of hydrogen-bond acceptors (Lipinski definition) is 6. The van der Waals surface area contributed by atoms with E-state index in [0.717, 1.165) is 62.5 Å². The molecular formula is C24H30N4O4S. The van der Waals surface area contributed by atoms with Crippen molar-refractivity contribution in [1.82, 2.24) is 20.1 Å². The summed E-state index contributed by atoms with van der Waals surface area (Å²) >= 11 is 5.70. The minimum absolute atomic E-state index is 0.122. The van der Waals surface area contributed by atoms with Crippen molar-refractivity contribution >= 4 is 28.2 Å². The first kappa shape index (κ1) is 23.3. The van der Waals surface area contributed by atoms with Gasteiger partial charge in [-0.2, -0.15) is 0 Å². The van der Waals surface area contributed by atoms with Gasteiger partial charge in [0.1, 0.15) is 11.5 Å². The molecular weight excluding hydrogens is 440 g/mol. The second kappa shape index (κ2) is 11.3. The van der Waals surface area contributed by atoms with E-state index in [9.17, 15) is 4.79 Å². The Balaban J connectivity index is 1.46. The molecule has 0 saturated carbocycles. The van der Waals surface area contributed by atoms with E-state index in [2.05, 4.69) is 20.1 Å². The van der Waals surface area contributed by atoms with Gasteiger partial charge in [0.05, 0.1) is 45.2 Å². The zero-order valence-corrected chi connectivity index (χ0v) is 19.7.